The number of rotatable bonds is 5. The van der Waals surface area contributed by atoms with Crippen molar-refractivity contribution in [3.8, 4) is 11.5 Å². The van der Waals surface area contributed by atoms with Crippen molar-refractivity contribution in [3.63, 3.8) is 0 Å². The Bertz CT molecular complexity index is 1350. The van der Waals surface area contributed by atoms with Crippen LogP contribution in [0, 0.1) is 5.82 Å². The van der Waals surface area contributed by atoms with Gasteiger partial charge in [-0.15, -0.1) is 5.10 Å². The second-order valence-electron chi connectivity index (χ2n) is 6.83. The van der Waals surface area contributed by atoms with E-state index in [0.717, 1.165) is 5.56 Å². The van der Waals surface area contributed by atoms with E-state index in [9.17, 15) is 14.0 Å². The van der Waals surface area contributed by atoms with Gasteiger partial charge in [0.25, 0.3) is 11.5 Å². The van der Waals surface area contributed by atoms with Gasteiger partial charge in [0.05, 0.1) is 6.54 Å². The average Bonchev–Trinajstić information content (AvgIpc) is 3.40. The highest BCUT2D eigenvalue weighted by Gasteiger charge is 2.18. The van der Waals surface area contributed by atoms with Gasteiger partial charge in [-0.05, 0) is 35.4 Å². The molecule has 0 atom stereocenters. The van der Waals surface area contributed by atoms with Gasteiger partial charge in [0.15, 0.2) is 22.7 Å². The van der Waals surface area contributed by atoms with Gasteiger partial charge in [-0.2, -0.15) is 0 Å². The molecule has 2 aromatic heterocycles. The number of fused-ring (bicyclic) bond motifs is 2. The van der Waals surface area contributed by atoms with Crippen LogP contribution in [0.2, 0.25) is 0 Å². The first-order valence-corrected chi connectivity index (χ1v) is 9.31. The number of hydrogen-bond donors (Lipinski definition) is 2. The van der Waals surface area contributed by atoms with E-state index in [4.69, 9.17) is 9.47 Å². The summed E-state index contributed by atoms with van der Waals surface area (Å²) in [6.45, 7) is 0.578. The lowest BCUT2D eigenvalue weighted by Gasteiger charge is -2.06. The fourth-order valence-electron chi connectivity index (χ4n) is 3.16. The number of halogens is 1. The van der Waals surface area contributed by atoms with E-state index < -0.39 is 11.5 Å². The van der Waals surface area contributed by atoms with Crippen molar-refractivity contribution in [2.24, 2.45) is 0 Å². The van der Waals surface area contributed by atoms with Crippen LogP contribution in [-0.4, -0.2) is 37.7 Å². The van der Waals surface area contributed by atoms with Crippen molar-refractivity contribution >= 4 is 17.1 Å². The molecule has 3 heterocycles. The molecule has 0 radical (unpaired) electrons. The molecule has 0 unspecified atom stereocenters. The highest BCUT2D eigenvalue weighted by atomic mass is 19.1. The molecule has 0 fully saturated rings. The number of nitrogens with one attached hydrogen (secondary N) is 2. The first kappa shape index (κ1) is 18.7. The van der Waals surface area contributed by atoms with E-state index in [1.165, 1.54) is 16.8 Å². The minimum atomic E-state index is -0.584. The largest absolute Gasteiger partial charge is 0.454 e. The van der Waals surface area contributed by atoms with Gasteiger partial charge in [0.1, 0.15) is 5.82 Å². The van der Waals surface area contributed by atoms with Crippen LogP contribution in [0.3, 0.4) is 0 Å². The van der Waals surface area contributed by atoms with Gasteiger partial charge < -0.3 is 19.8 Å². The molecule has 0 saturated heterocycles. The number of aromatic amines is 1. The first-order valence-electron chi connectivity index (χ1n) is 9.31. The Labute approximate surface area is 173 Å². The maximum atomic E-state index is 13.0. The van der Waals surface area contributed by atoms with Crippen molar-refractivity contribution in [1.29, 1.82) is 0 Å². The van der Waals surface area contributed by atoms with Crippen LogP contribution in [0.1, 0.15) is 21.7 Å². The van der Waals surface area contributed by atoms with Crippen molar-refractivity contribution in [1.82, 2.24) is 30.3 Å². The molecule has 11 heteroatoms. The first-order chi connectivity index (χ1) is 15.1. The monoisotopic (exact) mass is 422 g/mol. The Kier molecular flexibility index (Phi) is 4.54. The second-order valence-corrected chi connectivity index (χ2v) is 6.83. The highest BCUT2D eigenvalue weighted by Crippen LogP contribution is 2.32. The predicted molar refractivity (Wildman–Crippen MR) is 105 cm³/mol. The maximum Gasteiger partial charge on any atom is 0.287 e. The molecular weight excluding hydrogens is 407 g/mol. The van der Waals surface area contributed by atoms with Gasteiger partial charge in [0, 0.05) is 6.54 Å². The lowest BCUT2D eigenvalue weighted by atomic mass is 10.2. The van der Waals surface area contributed by atoms with E-state index in [-0.39, 0.29) is 42.7 Å². The molecule has 0 bridgehead atoms. The number of benzene rings is 2. The summed E-state index contributed by atoms with van der Waals surface area (Å²) >= 11 is 0. The zero-order chi connectivity index (χ0) is 21.4. The van der Waals surface area contributed by atoms with Crippen LogP contribution in [0.4, 0.5) is 4.39 Å². The highest BCUT2D eigenvalue weighted by molar-refractivity contribution is 5.91. The molecule has 2 N–H and O–H groups in total. The maximum absolute atomic E-state index is 13.0. The number of amides is 1. The van der Waals surface area contributed by atoms with Crippen molar-refractivity contribution in [3.05, 3.63) is 75.6 Å². The Morgan fingerprint density at radius 1 is 1.13 bits per heavy atom. The number of ether oxygens (including phenoxy) is 2. The molecule has 156 valence electrons. The lowest BCUT2D eigenvalue weighted by molar-refractivity contribution is 0.0940. The Morgan fingerprint density at radius 2 is 1.90 bits per heavy atom. The van der Waals surface area contributed by atoms with E-state index in [1.807, 2.05) is 6.07 Å². The van der Waals surface area contributed by atoms with Gasteiger partial charge in [-0.25, -0.2) is 14.1 Å². The van der Waals surface area contributed by atoms with E-state index in [0.29, 0.717) is 17.1 Å². The van der Waals surface area contributed by atoms with Crippen molar-refractivity contribution in [2.45, 2.75) is 13.1 Å². The van der Waals surface area contributed by atoms with Crippen LogP contribution >= 0.6 is 0 Å². The minimum Gasteiger partial charge on any atom is -0.454 e. The molecule has 10 nitrogen and oxygen atoms in total. The predicted octanol–water partition coefficient (Wildman–Crippen LogP) is 1.36. The summed E-state index contributed by atoms with van der Waals surface area (Å²) < 4.78 is 25.1. The van der Waals surface area contributed by atoms with E-state index in [2.05, 4.69) is 25.6 Å². The van der Waals surface area contributed by atoms with Crippen LogP contribution < -0.4 is 20.3 Å². The van der Waals surface area contributed by atoms with Crippen LogP contribution in [0.25, 0.3) is 11.2 Å². The average molecular weight is 422 g/mol. The second kappa shape index (κ2) is 7.52. The number of H-pyrrole nitrogens is 1. The molecule has 0 aliphatic carbocycles. The summed E-state index contributed by atoms with van der Waals surface area (Å²) in [4.78, 5) is 31.5. The van der Waals surface area contributed by atoms with Crippen LogP contribution in [0.5, 0.6) is 11.5 Å². The third-order valence-corrected chi connectivity index (χ3v) is 4.72. The van der Waals surface area contributed by atoms with Gasteiger partial charge in [-0.3, -0.25) is 9.59 Å². The van der Waals surface area contributed by atoms with Gasteiger partial charge in [0.2, 0.25) is 12.6 Å². The van der Waals surface area contributed by atoms with Crippen molar-refractivity contribution in [2.75, 3.05) is 6.79 Å². The summed E-state index contributed by atoms with van der Waals surface area (Å²) in [7, 11) is 0. The topological polar surface area (TPSA) is 124 Å². The van der Waals surface area contributed by atoms with Gasteiger partial charge in [-0.1, -0.05) is 23.4 Å². The summed E-state index contributed by atoms with van der Waals surface area (Å²) in [5.74, 6) is 0.151. The quantitative estimate of drug-likeness (QED) is 0.498. The number of nitrogens with zero attached hydrogens (tertiary/aromatic N) is 4. The van der Waals surface area contributed by atoms with Crippen LogP contribution in [-0.2, 0) is 13.1 Å². The molecule has 31 heavy (non-hydrogen) atoms. The fraction of sp³-hybridized carbons (Fsp3) is 0.150. The summed E-state index contributed by atoms with van der Waals surface area (Å²) in [5.41, 5.74) is 1.16. The molecule has 0 spiro atoms. The fourth-order valence-corrected chi connectivity index (χ4v) is 3.16. The Hall–Kier alpha value is -4.28. The molecule has 2 aromatic carbocycles. The number of carbonyl (C=O) groups excluding carboxylic acids is 1. The molecule has 1 aliphatic heterocycles. The Morgan fingerprint density at radius 3 is 2.74 bits per heavy atom. The summed E-state index contributed by atoms with van der Waals surface area (Å²) in [6.07, 6.45) is 0. The van der Waals surface area contributed by atoms with Crippen LogP contribution in [0.15, 0.2) is 47.3 Å². The third kappa shape index (κ3) is 3.68. The number of carbonyl (C=O) groups is 1. The van der Waals surface area contributed by atoms with Crippen molar-refractivity contribution < 1.29 is 18.7 Å². The third-order valence-electron chi connectivity index (χ3n) is 4.72. The SMILES string of the molecule is O=C(NCc1ccc(F)cc1)c1nc2c(nnn2Cc2ccc3c(c2)OCO3)c(=O)[nH]1. The Balaban J connectivity index is 1.39. The molecule has 1 amide bonds. The summed E-state index contributed by atoms with van der Waals surface area (Å²) in [5, 5.41) is 10.5. The molecule has 4 aromatic rings. The zero-order valence-electron chi connectivity index (χ0n) is 16.0. The smallest absolute Gasteiger partial charge is 0.287 e. The normalized spacial score (nSPS) is 12.3. The number of aromatic nitrogens is 5. The molecule has 1 aliphatic rings. The number of hydrogen-bond acceptors (Lipinski definition) is 7. The van der Waals surface area contributed by atoms with E-state index in [1.54, 1.807) is 24.3 Å². The molecule has 0 saturated carbocycles. The standard InChI is InChI=1S/C20H15FN6O4/c21-13-4-1-11(2-5-13)8-22-20(29)17-23-18-16(19(28)24-17)25-26-27(18)9-12-3-6-14-15(7-12)31-10-30-14/h1-7H,8-10H2,(H,22,29)(H,23,24,28). The minimum absolute atomic E-state index is 0.0239. The summed E-state index contributed by atoms with van der Waals surface area (Å²) in [6, 6.07) is 11.1. The lowest BCUT2D eigenvalue weighted by Crippen LogP contribution is -2.27. The molecule has 5 rings (SSSR count). The molecular formula is C20H15FN6O4. The van der Waals surface area contributed by atoms with E-state index >= 15 is 0 Å². The zero-order valence-corrected chi connectivity index (χ0v) is 16.0. The van der Waals surface area contributed by atoms with Gasteiger partial charge >= 0.3 is 0 Å².